The summed E-state index contributed by atoms with van der Waals surface area (Å²) in [6.45, 7) is 8.68. The van der Waals surface area contributed by atoms with E-state index in [2.05, 4.69) is 66.9 Å². The molecule has 0 saturated heterocycles. The second kappa shape index (κ2) is 6.57. The minimum absolute atomic E-state index is 0.235. The quantitative estimate of drug-likeness (QED) is 0.800. The van der Waals surface area contributed by atoms with Gasteiger partial charge >= 0.3 is 0 Å². The summed E-state index contributed by atoms with van der Waals surface area (Å²) in [4.78, 5) is 5.35. The molecule has 1 aromatic heterocycles. The maximum absolute atomic E-state index is 4.36. The van der Waals surface area contributed by atoms with Crippen molar-refractivity contribution in [3.8, 4) is 0 Å². The second-order valence-electron chi connectivity index (χ2n) is 5.86. The number of thiazole rings is 1. The Kier molecular flexibility index (Phi) is 4.69. The van der Waals surface area contributed by atoms with E-state index in [4.69, 9.17) is 0 Å². The van der Waals surface area contributed by atoms with E-state index in [9.17, 15) is 0 Å². The summed E-state index contributed by atoms with van der Waals surface area (Å²) >= 11 is 3.47. The summed E-state index contributed by atoms with van der Waals surface area (Å²) in [7, 11) is 0. The highest BCUT2D eigenvalue weighted by Gasteiger charge is 2.32. The molecule has 3 nitrogen and oxygen atoms in total. The average Bonchev–Trinajstić information content (AvgIpc) is 3.13. The minimum atomic E-state index is -0.235. The van der Waals surface area contributed by atoms with E-state index in [0.29, 0.717) is 0 Å². The van der Waals surface area contributed by atoms with Crippen molar-refractivity contribution in [3.63, 3.8) is 0 Å². The number of nitrogens with zero attached hydrogens (tertiary/aromatic N) is 1. The highest BCUT2D eigenvalue weighted by molar-refractivity contribution is 8.04. The van der Waals surface area contributed by atoms with Crippen molar-refractivity contribution in [2.24, 2.45) is 0 Å². The summed E-state index contributed by atoms with van der Waals surface area (Å²) in [5.74, 6) is 0. The Labute approximate surface area is 146 Å². The zero-order valence-corrected chi connectivity index (χ0v) is 15.7. The first-order valence-electron chi connectivity index (χ1n) is 8.02. The lowest BCUT2D eigenvalue weighted by Gasteiger charge is -2.30. The van der Waals surface area contributed by atoms with Crippen molar-refractivity contribution in [2.45, 2.75) is 45.5 Å². The van der Waals surface area contributed by atoms with Gasteiger partial charge in [-0.05, 0) is 43.2 Å². The molecule has 0 spiro atoms. The lowest BCUT2D eigenvalue weighted by atomic mass is 10.0. The van der Waals surface area contributed by atoms with E-state index in [1.54, 1.807) is 23.1 Å². The molecule has 1 unspecified atom stereocenters. The van der Waals surface area contributed by atoms with Crippen LogP contribution >= 0.6 is 23.1 Å². The van der Waals surface area contributed by atoms with Crippen molar-refractivity contribution in [3.05, 3.63) is 50.8 Å². The number of hydrogen-bond donors (Lipinski definition) is 2. The number of rotatable bonds is 5. The van der Waals surface area contributed by atoms with Crippen LogP contribution in [0.4, 0.5) is 5.69 Å². The van der Waals surface area contributed by atoms with Gasteiger partial charge in [0.05, 0.1) is 21.8 Å². The predicted molar refractivity (Wildman–Crippen MR) is 103 cm³/mol. The fourth-order valence-electron chi connectivity index (χ4n) is 2.87. The molecule has 23 heavy (non-hydrogen) atoms. The summed E-state index contributed by atoms with van der Waals surface area (Å²) in [6.07, 6.45) is 2.07. The van der Waals surface area contributed by atoms with Crippen LogP contribution in [0.15, 0.2) is 29.1 Å². The van der Waals surface area contributed by atoms with Gasteiger partial charge in [0.2, 0.25) is 0 Å². The minimum Gasteiger partial charge on any atom is -0.354 e. The lowest BCUT2D eigenvalue weighted by Crippen LogP contribution is -2.42. The highest BCUT2D eigenvalue weighted by Crippen LogP contribution is 2.39. The summed E-state index contributed by atoms with van der Waals surface area (Å²) in [5.41, 5.74) is 8.17. The van der Waals surface area contributed by atoms with E-state index in [-0.39, 0.29) is 4.99 Å². The van der Waals surface area contributed by atoms with Crippen LogP contribution in [-0.4, -0.2) is 9.98 Å². The third kappa shape index (κ3) is 3.26. The third-order valence-corrected chi connectivity index (χ3v) is 6.13. The molecule has 0 bridgehead atoms. The maximum atomic E-state index is 4.36. The average molecular weight is 346 g/mol. The molecule has 1 aromatic carbocycles. The molecule has 1 aliphatic heterocycles. The van der Waals surface area contributed by atoms with Crippen LogP contribution in [0, 0.1) is 6.92 Å². The number of thioether (sulfide) groups is 1. The van der Waals surface area contributed by atoms with E-state index >= 15 is 0 Å². The molecule has 0 amide bonds. The van der Waals surface area contributed by atoms with Crippen LogP contribution in [0.5, 0.6) is 0 Å². The monoisotopic (exact) mass is 345 g/mol. The van der Waals surface area contributed by atoms with Gasteiger partial charge in [-0.1, -0.05) is 43.8 Å². The van der Waals surface area contributed by atoms with Crippen LogP contribution in [-0.2, 0) is 12.8 Å². The standard InChI is InChI=1S/C18H23N3S2/c1-5-13-8-7-9-14(6-2)16(13)21-18(4)20-15(10-23-18)17-12(3)19-11-22-17/h7-11,20-21H,5-6H2,1-4H3. The number of aryl methyl sites for hydroxylation is 3. The predicted octanol–water partition coefficient (Wildman–Crippen LogP) is 5.00. The first-order chi connectivity index (χ1) is 11.1. The van der Waals surface area contributed by atoms with Crippen molar-refractivity contribution in [1.29, 1.82) is 0 Å². The number of nitrogens with one attached hydrogen (secondary N) is 2. The molecule has 0 radical (unpaired) electrons. The van der Waals surface area contributed by atoms with Gasteiger partial charge in [-0.15, -0.1) is 11.3 Å². The Bertz CT molecular complexity index is 713. The van der Waals surface area contributed by atoms with E-state index < -0.39 is 0 Å². The Hall–Kier alpha value is -1.46. The number of aromatic nitrogens is 1. The zero-order chi connectivity index (χ0) is 16.4. The Morgan fingerprint density at radius 2 is 1.91 bits per heavy atom. The van der Waals surface area contributed by atoms with E-state index in [1.165, 1.54) is 21.7 Å². The molecule has 0 fully saturated rings. The molecule has 2 heterocycles. The Morgan fingerprint density at radius 1 is 1.22 bits per heavy atom. The van der Waals surface area contributed by atoms with E-state index in [0.717, 1.165) is 24.2 Å². The van der Waals surface area contributed by atoms with Gasteiger partial charge < -0.3 is 10.6 Å². The lowest BCUT2D eigenvalue weighted by molar-refractivity contribution is 0.679. The van der Waals surface area contributed by atoms with Crippen LogP contribution in [0.3, 0.4) is 0 Å². The number of benzene rings is 1. The van der Waals surface area contributed by atoms with Gasteiger partial charge in [0.1, 0.15) is 0 Å². The second-order valence-corrected chi connectivity index (χ2v) is 8.00. The smallest absolute Gasteiger partial charge is 0.158 e. The van der Waals surface area contributed by atoms with Crippen molar-refractivity contribution >= 4 is 34.5 Å². The fourth-order valence-corrected chi connectivity index (χ4v) is 4.58. The largest absolute Gasteiger partial charge is 0.354 e. The summed E-state index contributed by atoms with van der Waals surface area (Å²) in [6, 6.07) is 6.59. The first kappa shape index (κ1) is 16.4. The molecule has 1 atom stereocenters. The van der Waals surface area contributed by atoms with Gasteiger partial charge in [-0.25, -0.2) is 4.98 Å². The Balaban J connectivity index is 1.84. The number of para-hydroxylation sites is 1. The maximum Gasteiger partial charge on any atom is 0.158 e. The van der Waals surface area contributed by atoms with Gasteiger partial charge in [-0.3, -0.25) is 0 Å². The van der Waals surface area contributed by atoms with Gasteiger partial charge in [-0.2, -0.15) is 0 Å². The summed E-state index contributed by atoms with van der Waals surface area (Å²) < 4.78 is 0. The molecular weight excluding hydrogens is 322 g/mol. The third-order valence-electron chi connectivity index (χ3n) is 4.14. The zero-order valence-electron chi connectivity index (χ0n) is 14.1. The summed E-state index contributed by atoms with van der Waals surface area (Å²) in [5, 5.41) is 9.60. The molecular formula is C18H23N3S2. The fraction of sp³-hybridized carbons (Fsp3) is 0.389. The molecule has 2 N–H and O–H groups in total. The van der Waals surface area contributed by atoms with Crippen molar-refractivity contribution in [1.82, 2.24) is 10.3 Å². The molecule has 3 rings (SSSR count). The molecule has 0 saturated carbocycles. The van der Waals surface area contributed by atoms with Crippen LogP contribution in [0.2, 0.25) is 0 Å². The molecule has 2 aromatic rings. The normalized spacial score (nSPS) is 20.3. The van der Waals surface area contributed by atoms with Crippen LogP contribution < -0.4 is 10.6 Å². The topological polar surface area (TPSA) is 37.0 Å². The molecule has 122 valence electrons. The van der Waals surface area contributed by atoms with Crippen LogP contribution in [0.1, 0.15) is 42.5 Å². The molecule has 0 aliphatic carbocycles. The van der Waals surface area contributed by atoms with Crippen molar-refractivity contribution in [2.75, 3.05) is 5.32 Å². The van der Waals surface area contributed by atoms with E-state index in [1.807, 2.05) is 5.51 Å². The van der Waals surface area contributed by atoms with Gasteiger partial charge in [0.15, 0.2) is 4.99 Å². The number of hydrogen-bond acceptors (Lipinski definition) is 5. The Morgan fingerprint density at radius 3 is 2.48 bits per heavy atom. The number of anilines is 1. The van der Waals surface area contributed by atoms with Crippen molar-refractivity contribution < 1.29 is 0 Å². The van der Waals surface area contributed by atoms with Crippen LogP contribution in [0.25, 0.3) is 5.70 Å². The SMILES string of the molecule is CCc1cccc(CC)c1NC1(C)NC(c2scnc2C)=CS1. The molecule has 5 heteroatoms. The van der Waals surface area contributed by atoms with Gasteiger partial charge in [0.25, 0.3) is 0 Å². The van der Waals surface area contributed by atoms with Gasteiger partial charge in [0, 0.05) is 5.69 Å². The molecule has 1 aliphatic rings. The highest BCUT2D eigenvalue weighted by atomic mass is 32.2. The first-order valence-corrected chi connectivity index (χ1v) is 9.77.